The van der Waals surface area contributed by atoms with Crippen molar-refractivity contribution in [2.45, 2.75) is 20.3 Å². The van der Waals surface area contributed by atoms with Gasteiger partial charge in [0.15, 0.2) is 5.69 Å². The van der Waals surface area contributed by atoms with Crippen LogP contribution in [0.3, 0.4) is 0 Å². The van der Waals surface area contributed by atoms with Crippen LogP contribution < -0.4 is 0 Å². The average molecular weight is 279 g/mol. The number of hydrogen-bond donors (Lipinski definition) is 2. The van der Waals surface area contributed by atoms with Crippen LogP contribution in [-0.2, 0) is 6.42 Å². The van der Waals surface area contributed by atoms with Gasteiger partial charge in [-0.3, -0.25) is 0 Å². The summed E-state index contributed by atoms with van der Waals surface area (Å²) in [5.74, 6) is 0.0515. The van der Waals surface area contributed by atoms with Gasteiger partial charge in [-0.25, -0.2) is 0 Å². The second-order valence-electron chi connectivity index (χ2n) is 5.04. The molecule has 0 aliphatic rings. The number of nitrogens with zero attached hydrogens (tertiary/aromatic N) is 2. The van der Waals surface area contributed by atoms with Crippen molar-refractivity contribution in [3.05, 3.63) is 53.6 Å². The maximum absolute atomic E-state index is 10.0. The molecule has 106 valence electrons. The van der Waals surface area contributed by atoms with Crippen molar-refractivity contribution >= 4 is 22.3 Å². The summed E-state index contributed by atoms with van der Waals surface area (Å²) in [4.78, 5) is 2.93. The molecule has 2 N–H and O–H groups in total. The van der Waals surface area contributed by atoms with Gasteiger partial charge in [0.25, 0.3) is 0 Å². The van der Waals surface area contributed by atoms with Crippen LogP contribution in [0.5, 0.6) is 5.88 Å². The standard InChI is InChI=1S/C17H17N3O/c1-3-12-8-9-15-13(10-12)16(17(21)18-15)20-19-14-7-5-4-6-11(14)2/h4-10,18,21H,3H2,1-2H3. The summed E-state index contributed by atoms with van der Waals surface area (Å²) in [6.45, 7) is 4.08. The number of fused-ring (bicyclic) bond motifs is 1. The smallest absolute Gasteiger partial charge is 0.218 e. The molecule has 0 radical (unpaired) electrons. The van der Waals surface area contributed by atoms with Crippen molar-refractivity contribution in [2.24, 2.45) is 10.2 Å². The zero-order valence-corrected chi connectivity index (χ0v) is 12.1. The first kappa shape index (κ1) is 13.4. The van der Waals surface area contributed by atoms with Crippen LogP contribution in [0.15, 0.2) is 52.7 Å². The fraction of sp³-hybridized carbons (Fsp3) is 0.176. The molecule has 3 aromatic rings. The Morgan fingerprint density at radius 3 is 2.67 bits per heavy atom. The lowest BCUT2D eigenvalue weighted by Crippen LogP contribution is -1.78. The highest BCUT2D eigenvalue weighted by Crippen LogP contribution is 2.37. The molecule has 3 rings (SSSR count). The maximum Gasteiger partial charge on any atom is 0.218 e. The number of azo groups is 1. The quantitative estimate of drug-likeness (QED) is 0.639. The minimum Gasteiger partial charge on any atom is -0.493 e. The van der Waals surface area contributed by atoms with E-state index in [4.69, 9.17) is 0 Å². The summed E-state index contributed by atoms with van der Waals surface area (Å²) in [5, 5.41) is 19.4. The summed E-state index contributed by atoms with van der Waals surface area (Å²) in [5.41, 5.74) is 4.41. The highest BCUT2D eigenvalue weighted by Gasteiger charge is 2.10. The highest BCUT2D eigenvalue weighted by atomic mass is 16.3. The molecule has 0 aliphatic carbocycles. The predicted octanol–water partition coefficient (Wildman–Crippen LogP) is 5.16. The number of benzene rings is 2. The van der Waals surface area contributed by atoms with Gasteiger partial charge in [-0.05, 0) is 42.7 Å². The molecule has 2 aromatic carbocycles. The summed E-state index contributed by atoms with van der Waals surface area (Å²) in [7, 11) is 0. The van der Waals surface area contributed by atoms with Gasteiger partial charge in [0, 0.05) is 5.39 Å². The fourth-order valence-electron chi connectivity index (χ4n) is 2.31. The molecule has 0 saturated carbocycles. The van der Waals surface area contributed by atoms with E-state index in [2.05, 4.69) is 22.1 Å². The van der Waals surface area contributed by atoms with Gasteiger partial charge >= 0.3 is 0 Å². The third-order valence-corrected chi connectivity index (χ3v) is 3.60. The Labute approximate surface area is 123 Å². The van der Waals surface area contributed by atoms with E-state index in [9.17, 15) is 5.11 Å². The number of hydrogen-bond acceptors (Lipinski definition) is 3. The fourth-order valence-corrected chi connectivity index (χ4v) is 2.31. The molecule has 0 unspecified atom stereocenters. The van der Waals surface area contributed by atoms with E-state index in [-0.39, 0.29) is 5.88 Å². The number of aromatic amines is 1. The van der Waals surface area contributed by atoms with Gasteiger partial charge in [0.2, 0.25) is 5.88 Å². The van der Waals surface area contributed by atoms with Crippen molar-refractivity contribution in [3.63, 3.8) is 0 Å². The van der Waals surface area contributed by atoms with E-state index < -0.39 is 0 Å². The van der Waals surface area contributed by atoms with Crippen LogP contribution in [0.4, 0.5) is 11.4 Å². The molecular weight excluding hydrogens is 262 g/mol. The highest BCUT2D eigenvalue weighted by molar-refractivity contribution is 5.94. The molecular formula is C17H17N3O. The van der Waals surface area contributed by atoms with Gasteiger partial charge in [-0.2, -0.15) is 5.11 Å². The Balaban J connectivity index is 2.07. The van der Waals surface area contributed by atoms with E-state index in [1.165, 1.54) is 5.56 Å². The molecule has 0 spiro atoms. The second kappa shape index (κ2) is 5.40. The maximum atomic E-state index is 10.0. The SMILES string of the molecule is CCc1ccc2[nH]c(O)c(N=Nc3ccccc3C)c2c1. The molecule has 21 heavy (non-hydrogen) atoms. The molecule has 4 nitrogen and oxygen atoms in total. The van der Waals surface area contributed by atoms with Gasteiger partial charge in [-0.1, -0.05) is 31.2 Å². The lowest BCUT2D eigenvalue weighted by Gasteiger charge is -1.98. The Morgan fingerprint density at radius 1 is 1.10 bits per heavy atom. The van der Waals surface area contributed by atoms with E-state index in [1.54, 1.807) is 0 Å². The Bertz CT molecular complexity index is 818. The molecule has 1 aromatic heterocycles. The van der Waals surface area contributed by atoms with E-state index >= 15 is 0 Å². The van der Waals surface area contributed by atoms with Gasteiger partial charge in [-0.15, -0.1) is 5.11 Å². The van der Waals surface area contributed by atoms with E-state index in [1.807, 2.05) is 49.4 Å². The van der Waals surface area contributed by atoms with Crippen molar-refractivity contribution in [1.82, 2.24) is 4.98 Å². The Kier molecular flexibility index (Phi) is 3.44. The van der Waals surface area contributed by atoms with Crippen molar-refractivity contribution in [1.29, 1.82) is 0 Å². The normalized spacial score (nSPS) is 11.5. The summed E-state index contributed by atoms with van der Waals surface area (Å²) < 4.78 is 0. The zero-order chi connectivity index (χ0) is 14.8. The molecule has 0 saturated heterocycles. The van der Waals surface area contributed by atoms with Crippen LogP contribution in [-0.4, -0.2) is 10.1 Å². The van der Waals surface area contributed by atoms with Crippen LogP contribution in [0.2, 0.25) is 0 Å². The number of aromatic nitrogens is 1. The number of aryl methyl sites for hydroxylation is 2. The summed E-state index contributed by atoms with van der Waals surface area (Å²) in [6, 6.07) is 13.8. The minimum atomic E-state index is 0.0515. The first-order valence-corrected chi connectivity index (χ1v) is 7.00. The molecule has 0 bridgehead atoms. The van der Waals surface area contributed by atoms with E-state index in [0.717, 1.165) is 28.6 Å². The molecule has 0 atom stereocenters. The Morgan fingerprint density at radius 2 is 1.90 bits per heavy atom. The first-order chi connectivity index (χ1) is 10.2. The van der Waals surface area contributed by atoms with Crippen molar-refractivity contribution < 1.29 is 5.11 Å². The van der Waals surface area contributed by atoms with Gasteiger partial charge < -0.3 is 10.1 Å². The Hall–Kier alpha value is -2.62. The third-order valence-electron chi connectivity index (χ3n) is 3.60. The number of aromatic hydroxyl groups is 1. The van der Waals surface area contributed by atoms with Crippen LogP contribution in [0.25, 0.3) is 10.9 Å². The lowest BCUT2D eigenvalue weighted by atomic mass is 10.1. The molecule has 0 fully saturated rings. The van der Waals surface area contributed by atoms with Gasteiger partial charge in [0.1, 0.15) is 0 Å². The molecule has 4 heteroatoms. The topological polar surface area (TPSA) is 60.7 Å². The molecule has 1 heterocycles. The zero-order valence-electron chi connectivity index (χ0n) is 12.1. The van der Waals surface area contributed by atoms with Crippen LogP contribution in [0.1, 0.15) is 18.1 Å². The number of nitrogens with one attached hydrogen (secondary N) is 1. The average Bonchev–Trinajstić information content (AvgIpc) is 2.81. The van der Waals surface area contributed by atoms with Crippen molar-refractivity contribution in [3.8, 4) is 5.88 Å². The van der Waals surface area contributed by atoms with Gasteiger partial charge in [0.05, 0.1) is 11.2 Å². The summed E-state index contributed by atoms with van der Waals surface area (Å²) >= 11 is 0. The van der Waals surface area contributed by atoms with E-state index in [0.29, 0.717) is 5.69 Å². The first-order valence-electron chi connectivity index (χ1n) is 7.00. The van der Waals surface area contributed by atoms with Crippen LogP contribution in [0, 0.1) is 6.92 Å². The van der Waals surface area contributed by atoms with Crippen molar-refractivity contribution in [2.75, 3.05) is 0 Å². The third kappa shape index (κ3) is 2.52. The minimum absolute atomic E-state index is 0.0515. The second-order valence-corrected chi connectivity index (χ2v) is 5.04. The molecule has 0 aliphatic heterocycles. The number of rotatable bonds is 3. The van der Waals surface area contributed by atoms with Crippen LogP contribution >= 0.6 is 0 Å². The lowest BCUT2D eigenvalue weighted by molar-refractivity contribution is 0.459. The summed E-state index contributed by atoms with van der Waals surface area (Å²) in [6.07, 6.45) is 0.941. The monoisotopic (exact) mass is 279 g/mol. The molecule has 0 amide bonds. The largest absolute Gasteiger partial charge is 0.493 e. The predicted molar refractivity (Wildman–Crippen MR) is 84.7 cm³/mol. The number of H-pyrrole nitrogens is 1.